The van der Waals surface area contributed by atoms with E-state index in [-0.39, 0.29) is 33.0 Å². The molecule has 5 nitrogen and oxygen atoms in total. The zero-order valence-electron chi connectivity index (χ0n) is 16.5. The summed E-state index contributed by atoms with van der Waals surface area (Å²) in [7, 11) is -3.25. The van der Waals surface area contributed by atoms with Crippen molar-refractivity contribution in [3.05, 3.63) is 95.0 Å². The molecule has 32 heavy (non-hydrogen) atoms. The second kappa shape index (κ2) is 9.58. The van der Waals surface area contributed by atoms with Crippen LogP contribution in [-0.2, 0) is 4.57 Å². The van der Waals surface area contributed by atoms with Crippen LogP contribution in [0.5, 0.6) is 23.0 Å². The third kappa shape index (κ3) is 4.86. The Morgan fingerprint density at radius 2 is 1.00 bits per heavy atom. The molecule has 0 unspecified atom stereocenters. The van der Waals surface area contributed by atoms with Gasteiger partial charge in [0.25, 0.3) is 0 Å². The molecule has 4 aromatic rings. The van der Waals surface area contributed by atoms with E-state index in [1.807, 2.05) is 36.4 Å². The van der Waals surface area contributed by atoms with Gasteiger partial charge in [0.05, 0.1) is 0 Å². The molecule has 0 saturated heterocycles. The molecule has 0 aromatic heterocycles. The molecule has 162 valence electrons. The number of aromatic hydroxyl groups is 2. The fourth-order valence-electron chi connectivity index (χ4n) is 3.18. The molecule has 0 bridgehead atoms. The van der Waals surface area contributed by atoms with Crippen LogP contribution >= 0.6 is 31.5 Å². The Labute approximate surface area is 195 Å². The topological polar surface area (TPSA) is 76.0 Å². The van der Waals surface area contributed by atoms with Gasteiger partial charge in [-0.1, -0.05) is 83.9 Å². The van der Waals surface area contributed by atoms with Crippen molar-refractivity contribution in [1.29, 1.82) is 0 Å². The van der Waals surface area contributed by atoms with Gasteiger partial charge in [0.15, 0.2) is 23.0 Å². The fraction of sp³-hybridized carbons (Fsp3) is 0. The minimum atomic E-state index is -3.25. The number of phenols is 2. The molecular formula is C24H17Cl2O5P. The molecule has 0 spiro atoms. The Balaban J connectivity index is 1.62. The molecule has 4 aromatic carbocycles. The summed E-state index contributed by atoms with van der Waals surface area (Å²) in [5.41, 5.74) is 2.25. The van der Waals surface area contributed by atoms with Crippen LogP contribution in [0.25, 0.3) is 22.3 Å². The smallest absolute Gasteiger partial charge is 0.419 e. The van der Waals surface area contributed by atoms with E-state index in [1.165, 1.54) is 12.1 Å². The highest BCUT2D eigenvalue weighted by molar-refractivity contribution is 7.34. The quantitative estimate of drug-likeness (QED) is 0.274. The van der Waals surface area contributed by atoms with Gasteiger partial charge >= 0.3 is 8.25 Å². The largest absolute Gasteiger partial charge is 0.504 e. The average Bonchev–Trinajstić information content (AvgIpc) is 2.79. The summed E-state index contributed by atoms with van der Waals surface area (Å²) >= 11 is 12.3. The number of halogens is 2. The van der Waals surface area contributed by atoms with E-state index in [9.17, 15) is 14.8 Å². The van der Waals surface area contributed by atoms with Gasteiger partial charge in [-0.25, -0.2) is 4.57 Å². The lowest BCUT2D eigenvalue weighted by Crippen LogP contribution is -1.92. The van der Waals surface area contributed by atoms with Gasteiger partial charge in [0.1, 0.15) is 0 Å². The van der Waals surface area contributed by atoms with Crippen LogP contribution in [0, 0.1) is 0 Å². The normalized spacial score (nSPS) is 10.8. The van der Waals surface area contributed by atoms with Crippen LogP contribution in [0.1, 0.15) is 0 Å². The van der Waals surface area contributed by atoms with Gasteiger partial charge in [0.2, 0.25) is 0 Å². The number of rotatable bonds is 6. The lowest BCUT2D eigenvalue weighted by Gasteiger charge is -2.15. The Kier molecular flexibility index (Phi) is 6.61. The van der Waals surface area contributed by atoms with Crippen molar-refractivity contribution in [3.8, 4) is 45.3 Å². The number of hydrogen-bond donors (Lipinski definition) is 2. The predicted molar refractivity (Wildman–Crippen MR) is 127 cm³/mol. The highest BCUT2D eigenvalue weighted by Gasteiger charge is 2.18. The maximum absolute atomic E-state index is 12.6. The van der Waals surface area contributed by atoms with Gasteiger partial charge < -0.3 is 19.3 Å². The van der Waals surface area contributed by atoms with Gasteiger partial charge in [-0.3, -0.25) is 0 Å². The van der Waals surface area contributed by atoms with Crippen molar-refractivity contribution in [3.63, 3.8) is 0 Å². The van der Waals surface area contributed by atoms with E-state index in [2.05, 4.69) is 0 Å². The summed E-state index contributed by atoms with van der Waals surface area (Å²) in [5.74, 6) is -0.680. The number of phenolic OH excluding ortho intramolecular Hbond substituents is 2. The standard InChI is InChI=1S/C24H17Cl2O5P/c25-17-11-19(15-7-3-1-4-8-15)23(27)21(13-17)30-32(29)31-22-14-18(26)12-20(24(22)28)16-9-5-2-6-10-16/h1-14,27-28,32H. The van der Waals surface area contributed by atoms with E-state index < -0.39 is 8.25 Å². The molecule has 0 heterocycles. The summed E-state index contributed by atoms with van der Waals surface area (Å²) in [6, 6.07) is 23.9. The van der Waals surface area contributed by atoms with E-state index >= 15 is 0 Å². The summed E-state index contributed by atoms with van der Waals surface area (Å²) in [4.78, 5) is 0. The Bertz CT molecular complexity index is 1180. The maximum Gasteiger partial charge on any atom is 0.419 e. The van der Waals surface area contributed by atoms with Gasteiger partial charge in [-0.2, -0.15) is 0 Å². The zero-order chi connectivity index (χ0) is 22.7. The molecule has 0 saturated carbocycles. The second-order valence-corrected chi connectivity index (χ2v) is 8.57. The number of hydrogen-bond acceptors (Lipinski definition) is 5. The first-order chi connectivity index (χ1) is 15.4. The summed E-state index contributed by atoms with van der Waals surface area (Å²) in [6.07, 6.45) is 0. The molecule has 0 fully saturated rings. The summed E-state index contributed by atoms with van der Waals surface area (Å²) in [5, 5.41) is 21.8. The third-order valence-corrected chi connectivity index (χ3v) is 5.85. The van der Waals surface area contributed by atoms with Crippen molar-refractivity contribution >= 4 is 31.5 Å². The summed E-state index contributed by atoms with van der Waals surface area (Å²) < 4.78 is 23.4. The van der Waals surface area contributed by atoms with E-state index in [1.54, 1.807) is 36.4 Å². The fourth-order valence-corrected chi connectivity index (χ4v) is 4.31. The first-order valence-electron chi connectivity index (χ1n) is 9.48. The molecule has 2 N–H and O–H groups in total. The molecule has 0 radical (unpaired) electrons. The summed E-state index contributed by atoms with van der Waals surface area (Å²) in [6.45, 7) is 0. The molecule has 0 aliphatic carbocycles. The third-order valence-electron chi connectivity index (χ3n) is 4.64. The minimum absolute atomic E-state index is 0.106. The van der Waals surface area contributed by atoms with E-state index in [4.69, 9.17) is 32.2 Å². The molecule has 0 amide bonds. The molecule has 0 aliphatic heterocycles. The monoisotopic (exact) mass is 486 g/mol. The predicted octanol–water partition coefficient (Wildman–Crippen LogP) is 7.59. The minimum Gasteiger partial charge on any atom is -0.504 e. The Morgan fingerprint density at radius 3 is 1.38 bits per heavy atom. The first kappa shape index (κ1) is 22.1. The Hall–Kier alpha value is -3.11. The van der Waals surface area contributed by atoms with Crippen molar-refractivity contribution in [1.82, 2.24) is 0 Å². The molecule has 0 atom stereocenters. The van der Waals surface area contributed by atoms with Gasteiger partial charge in [-0.15, -0.1) is 0 Å². The van der Waals surface area contributed by atoms with E-state index in [0.717, 1.165) is 0 Å². The average molecular weight is 487 g/mol. The lowest BCUT2D eigenvalue weighted by molar-refractivity contribution is 0.381. The van der Waals surface area contributed by atoms with Crippen LogP contribution in [0.4, 0.5) is 0 Å². The van der Waals surface area contributed by atoms with E-state index in [0.29, 0.717) is 22.3 Å². The van der Waals surface area contributed by atoms with Crippen molar-refractivity contribution in [2.75, 3.05) is 0 Å². The van der Waals surface area contributed by atoms with Gasteiger partial charge in [-0.05, 0) is 23.3 Å². The van der Waals surface area contributed by atoms with Gasteiger partial charge in [0, 0.05) is 33.3 Å². The first-order valence-corrected chi connectivity index (χ1v) is 11.5. The highest BCUT2D eigenvalue weighted by atomic mass is 35.5. The van der Waals surface area contributed by atoms with Crippen molar-refractivity contribution in [2.24, 2.45) is 0 Å². The molecule has 4 rings (SSSR count). The number of benzene rings is 4. The van der Waals surface area contributed by atoms with Crippen molar-refractivity contribution in [2.45, 2.75) is 0 Å². The van der Waals surface area contributed by atoms with Crippen LogP contribution in [0.15, 0.2) is 84.9 Å². The van der Waals surface area contributed by atoms with Crippen LogP contribution in [-0.4, -0.2) is 10.2 Å². The Morgan fingerprint density at radius 1 is 0.625 bits per heavy atom. The van der Waals surface area contributed by atoms with Crippen molar-refractivity contribution < 1.29 is 23.8 Å². The molecular weight excluding hydrogens is 470 g/mol. The van der Waals surface area contributed by atoms with Crippen LogP contribution in [0.2, 0.25) is 10.0 Å². The van der Waals surface area contributed by atoms with Crippen LogP contribution in [0.3, 0.4) is 0 Å². The lowest BCUT2D eigenvalue weighted by atomic mass is 10.0. The molecule has 0 aliphatic rings. The zero-order valence-corrected chi connectivity index (χ0v) is 19.0. The molecule has 8 heteroatoms. The second-order valence-electron chi connectivity index (χ2n) is 6.79. The maximum atomic E-state index is 12.6. The highest BCUT2D eigenvalue weighted by Crippen LogP contribution is 2.46. The SMILES string of the molecule is O=[PH](Oc1cc(Cl)cc(-c2ccccc2)c1O)Oc1cc(Cl)cc(-c2ccccc2)c1O. The van der Waals surface area contributed by atoms with Crippen LogP contribution < -0.4 is 9.05 Å².